The molecule has 0 radical (unpaired) electrons. The fourth-order valence-electron chi connectivity index (χ4n) is 3.11. The zero-order valence-corrected chi connectivity index (χ0v) is 20.6. The third-order valence-corrected chi connectivity index (χ3v) is 9.89. The third kappa shape index (κ3) is 6.59. The molecule has 0 unspecified atom stereocenters. The van der Waals surface area contributed by atoms with Crippen LogP contribution < -0.4 is 14.8 Å². The highest BCUT2D eigenvalue weighted by Gasteiger charge is 2.33. The minimum absolute atomic E-state index is 0.0144. The van der Waals surface area contributed by atoms with Crippen molar-refractivity contribution < 1.29 is 16.8 Å². The molecular weight excluding hydrogens is 422 g/mol. The molecule has 1 aliphatic rings. The molecule has 172 valence electrons. The van der Waals surface area contributed by atoms with Crippen LogP contribution in [0.3, 0.4) is 0 Å². The predicted octanol–water partition coefficient (Wildman–Crippen LogP) is 3.92. The summed E-state index contributed by atoms with van der Waals surface area (Å²) in [6.45, 7) is 10.9. The summed E-state index contributed by atoms with van der Waals surface area (Å²) in [5.74, 6) is 0.486. The molecule has 30 heavy (non-hydrogen) atoms. The van der Waals surface area contributed by atoms with Crippen molar-refractivity contribution in [1.82, 2.24) is 4.72 Å². The van der Waals surface area contributed by atoms with E-state index >= 15 is 0 Å². The minimum atomic E-state index is -3.44. The molecule has 9 heteroatoms. The van der Waals surface area contributed by atoms with Gasteiger partial charge >= 0.3 is 0 Å². The molecule has 1 saturated carbocycles. The van der Waals surface area contributed by atoms with Crippen LogP contribution in [0.1, 0.15) is 67.2 Å². The molecule has 1 aliphatic carbocycles. The second kappa shape index (κ2) is 9.04. The Balaban J connectivity index is 1.81. The molecule has 1 aromatic rings. The topological polar surface area (TPSA) is 104 Å². The van der Waals surface area contributed by atoms with E-state index in [2.05, 4.69) is 14.8 Å². The fourth-order valence-corrected chi connectivity index (χ4v) is 4.89. The molecule has 3 N–H and O–H groups in total. The number of rotatable bonds is 7. The van der Waals surface area contributed by atoms with Gasteiger partial charge in [-0.1, -0.05) is 0 Å². The van der Waals surface area contributed by atoms with Gasteiger partial charge in [0.05, 0.1) is 9.49 Å². The molecule has 0 spiro atoms. The van der Waals surface area contributed by atoms with Crippen LogP contribution in [0.5, 0.6) is 0 Å². The summed E-state index contributed by atoms with van der Waals surface area (Å²) >= 11 is 0. The van der Waals surface area contributed by atoms with Crippen molar-refractivity contribution in [3.63, 3.8) is 0 Å². The van der Waals surface area contributed by atoms with Gasteiger partial charge in [0.2, 0.25) is 20.0 Å². The van der Waals surface area contributed by atoms with E-state index in [1.165, 1.54) is 0 Å². The van der Waals surface area contributed by atoms with Crippen molar-refractivity contribution in [2.45, 2.75) is 82.8 Å². The molecule has 0 atom stereocenters. The van der Waals surface area contributed by atoms with E-state index in [0.717, 1.165) is 37.9 Å². The van der Waals surface area contributed by atoms with Crippen molar-refractivity contribution in [2.24, 2.45) is 5.92 Å². The van der Waals surface area contributed by atoms with Gasteiger partial charge in [-0.15, -0.1) is 0 Å². The Morgan fingerprint density at radius 2 is 1.23 bits per heavy atom. The van der Waals surface area contributed by atoms with E-state index in [1.807, 2.05) is 12.1 Å². The van der Waals surface area contributed by atoms with Gasteiger partial charge in [0.15, 0.2) is 0 Å². The highest BCUT2D eigenvalue weighted by molar-refractivity contribution is 7.94. The zero-order valence-electron chi connectivity index (χ0n) is 18.9. The van der Waals surface area contributed by atoms with Gasteiger partial charge in [-0.2, -0.15) is 0 Å². The first kappa shape index (κ1) is 24.9. The molecule has 0 aromatic heterocycles. The monoisotopic (exact) mass is 459 g/mol. The Morgan fingerprint density at radius 3 is 1.70 bits per heavy atom. The molecule has 1 aromatic carbocycles. The number of nitrogens with one attached hydrogen (secondary N) is 3. The van der Waals surface area contributed by atoms with Gasteiger partial charge in [0.25, 0.3) is 0 Å². The predicted molar refractivity (Wildman–Crippen MR) is 125 cm³/mol. The normalized spacial score (nSPS) is 21.3. The summed E-state index contributed by atoms with van der Waals surface area (Å²) < 4.78 is 52.9. The van der Waals surface area contributed by atoms with Crippen LogP contribution in [0.25, 0.3) is 0 Å². The van der Waals surface area contributed by atoms with Gasteiger partial charge in [0.1, 0.15) is 0 Å². The average Bonchev–Trinajstić information content (AvgIpc) is 2.60. The zero-order chi connectivity index (χ0) is 22.8. The van der Waals surface area contributed by atoms with Crippen LogP contribution >= 0.6 is 0 Å². The first-order valence-electron chi connectivity index (χ1n) is 10.5. The fraction of sp³-hybridized carbons (Fsp3) is 0.714. The number of anilines is 2. The Kier molecular flexibility index (Phi) is 7.52. The number of hydrogen-bond acceptors (Lipinski definition) is 5. The van der Waals surface area contributed by atoms with Crippen LogP contribution in [0.4, 0.5) is 11.4 Å². The lowest BCUT2D eigenvalue weighted by Crippen LogP contribution is -2.46. The maximum absolute atomic E-state index is 12.3. The summed E-state index contributed by atoms with van der Waals surface area (Å²) in [4.78, 5) is 0. The summed E-state index contributed by atoms with van der Waals surface area (Å²) in [6, 6.07) is 7.25. The van der Waals surface area contributed by atoms with Crippen molar-refractivity contribution in [3.05, 3.63) is 24.3 Å². The summed E-state index contributed by atoms with van der Waals surface area (Å²) in [6.07, 6.45) is 3.62. The lowest BCUT2D eigenvalue weighted by Gasteiger charge is -2.31. The van der Waals surface area contributed by atoms with E-state index in [9.17, 15) is 16.8 Å². The second-order valence-corrected chi connectivity index (χ2v) is 15.0. The summed E-state index contributed by atoms with van der Waals surface area (Å²) in [7, 11) is -6.75. The molecule has 7 nitrogen and oxygen atoms in total. The highest BCUT2D eigenvalue weighted by Crippen LogP contribution is 2.27. The maximum Gasteiger partial charge on any atom is 0.237 e. The maximum atomic E-state index is 12.3. The first-order valence-corrected chi connectivity index (χ1v) is 13.5. The third-order valence-electron chi connectivity index (χ3n) is 5.51. The Hall–Kier alpha value is -1.32. The molecule has 2 rings (SSSR count). The molecule has 0 aliphatic heterocycles. The Labute approximate surface area is 182 Å². The van der Waals surface area contributed by atoms with Gasteiger partial charge in [-0.05, 0) is 97.4 Å². The van der Waals surface area contributed by atoms with Crippen LogP contribution in [-0.2, 0) is 20.0 Å². The number of hydrogen-bond donors (Lipinski definition) is 3. The molecular formula is C21H37N3O4S2. The smallest absolute Gasteiger partial charge is 0.237 e. The first-order chi connectivity index (χ1) is 13.6. The molecule has 1 fully saturated rings. The summed E-state index contributed by atoms with van der Waals surface area (Å²) in [5.41, 5.74) is 1.48. The van der Waals surface area contributed by atoms with Crippen LogP contribution in [0, 0.1) is 5.92 Å². The molecule has 0 heterocycles. The number of sulfonamides is 2. The van der Waals surface area contributed by atoms with E-state index < -0.39 is 29.5 Å². The Morgan fingerprint density at radius 1 is 0.767 bits per heavy atom. The standard InChI is InChI=1S/C21H37N3O4S2/c1-20(2,3)29(25,26)23-18-9-7-16(8-10-18)15-22-17-11-13-19(14-12-17)24-30(27,28)21(4,5)6/h11-14,16,18,22-24H,7-10,15H2,1-6H3/t16-,18-. The largest absolute Gasteiger partial charge is 0.385 e. The van der Waals surface area contributed by atoms with Crippen LogP contribution in [-0.4, -0.2) is 38.9 Å². The average molecular weight is 460 g/mol. The van der Waals surface area contributed by atoms with E-state index in [1.54, 1.807) is 53.7 Å². The lowest BCUT2D eigenvalue weighted by molar-refractivity contribution is 0.322. The Bertz CT molecular complexity index is 904. The molecule has 0 amide bonds. The minimum Gasteiger partial charge on any atom is -0.385 e. The SMILES string of the molecule is CC(C)(C)S(=O)(=O)Nc1ccc(NC[C@H]2CC[C@H](NS(=O)(=O)C(C)(C)C)CC2)cc1. The van der Waals surface area contributed by atoms with Crippen LogP contribution in [0.2, 0.25) is 0 Å². The molecule has 0 saturated heterocycles. The van der Waals surface area contributed by atoms with Gasteiger partial charge in [-0.3, -0.25) is 4.72 Å². The second-order valence-electron chi connectivity index (χ2n) is 10.1. The van der Waals surface area contributed by atoms with Crippen molar-refractivity contribution >= 4 is 31.4 Å². The van der Waals surface area contributed by atoms with Gasteiger partial charge in [0, 0.05) is 24.0 Å². The van der Waals surface area contributed by atoms with E-state index in [0.29, 0.717) is 11.6 Å². The van der Waals surface area contributed by atoms with Gasteiger partial charge < -0.3 is 5.32 Å². The van der Waals surface area contributed by atoms with Crippen molar-refractivity contribution in [3.8, 4) is 0 Å². The highest BCUT2D eigenvalue weighted by atomic mass is 32.2. The van der Waals surface area contributed by atoms with E-state index in [-0.39, 0.29) is 6.04 Å². The number of benzene rings is 1. The quantitative estimate of drug-likeness (QED) is 0.573. The van der Waals surface area contributed by atoms with Gasteiger partial charge in [-0.25, -0.2) is 21.6 Å². The molecule has 0 bridgehead atoms. The van der Waals surface area contributed by atoms with Crippen LogP contribution in [0.15, 0.2) is 24.3 Å². The lowest BCUT2D eigenvalue weighted by atomic mass is 9.86. The van der Waals surface area contributed by atoms with Crippen molar-refractivity contribution in [1.29, 1.82) is 0 Å². The van der Waals surface area contributed by atoms with Crippen molar-refractivity contribution in [2.75, 3.05) is 16.6 Å². The van der Waals surface area contributed by atoms with E-state index in [4.69, 9.17) is 0 Å². The summed E-state index contributed by atoms with van der Waals surface area (Å²) in [5, 5.41) is 3.41.